The van der Waals surface area contributed by atoms with Crippen LogP contribution in [0.2, 0.25) is 0 Å². The van der Waals surface area contributed by atoms with E-state index in [9.17, 15) is 9.59 Å². The summed E-state index contributed by atoms with van der Waals surface area (Å²) >= 11 is 0. The molecule has 216 valence electrons. The molecule has 42 heavy (non-hydrogen) atoms. The number of anilines is 2. The van der Waals surface area contributed by atoms with E-state index in [0.29, 0.717) is 42.5 Å². The molecule has 1 aliphatic heterocycles. The van der Waals surface area contributed by atoms with Crippen LogP contribution in [0.4, 0.5) is 21.0 Å². The first kappa shape index (κ1) is 28.2. The number of rotatable bonds is 7. The number of H-pyrrole nitrogens is 1. The van der Waals surface area contributed by atoms with E-state index in [1.807, 2.05) is 30.3 Å². The van der Waals surface area contributed by atoms with Crippen LogP contribution in [0.3, 0.4) is 0 Å². The van der Waals surface area contributed by atoms with Gasteiger partial charge in [0.15, 0.2) is 12.2 Å². The van der Waals surface area contributed by atoms with Crippen LogP contribution in [0.25, 0.3) is 22.4 Å². The fourth-order valence-corrected chi connectivity index (χ4v) is 4.23. The van der Waals surface area contributed by atoms with E-state index in [1.54, 1.807) is 48.9 Å². The average Bonchev–Trinajstić information content (AvgIpc) is 3.80. The van der Waals surface area contributed by atoms with E-state index in [-0.39, 0.29) is 12.6 Å². The third-order valence-electron chi connectivity index (χ3n) is 6.27. The van der Waals surface area contributed by atoms with Gasteiger partial charge in [-0.1, -0.05) is 24.3 Å². The second-order valence-corrected chi connectivity index (χ2v) is 9.22. The molecule has 1 aliphatic rings. The van der Waals surface area contributed by atoms with Crippen LogP contribution in [-0.4, -0.2) is 53.5 Å². The van der Waals surface area contributed by atoms with Crippen molar-refractivity contribution in [2.75, 3.05) is 31.0 Å². The summed E-state index contributed by atoms with van der Waals surface area (Å²) in [6, 6.07) is 19.9. The summed E-state index contributed by atoms with van der Waals surface area (Å²) in [5.41, 5.74) is 4.78. The molecule has 0 unspecified atom stereocenters. The second kappa shape index (κ2) is 13.8. The molecule has 4 N–H and O–H groups in total. The van der Waals surface area contributed by atoms with E-state index < -0.39 is 12.1 Å². The van der Waals surface area contributed by atoms with Crippen molar-refractivity contribution in [3.05, 3.63) is 91.2 Å². The lowest BCUT2D eigenvalue weighted by molar-refractivity contribution is 0.0828. The highest BCUT2D eigenvalue weighted by atomic mass is 16.6. The van der Waals surface area contributed by atoms with E-state index >= 15 is 0 Å². The van der Waals surface area contributed by atoms with Gasteiger partial charge < -0.3 is 39.6 Å². The monoisotopic (exact) mass is 570 g/mol. The standard InChI is InChI=1S/C23H24N4O6.C7H6N2/c1-30-20-10-17(5-6-19(20)21-12-24-14-32-21)27-22(28)26-16-4-2-3-15(9-16)11-25-23(29)33-18-7-8-31-13-18;1-2-4-7-6(3-1)8-5-9-7/h2-6,9-10,12,14,18H,7-8,11,13H2,1H3,(H,25,29)(H2,26,27,28);1-5H,(H,8,9)/t18-;/m0./s1. The van der Waals surface area contributed by atoms with Gasteiger partial charge in [0, 0.05) is 30.4 Å². The Morgan fingerprint density at radius 2 is 1.90 bits per heavy atom. The summed E-state index contributed by atoms with van der Waals surface area (Å²) in [5.74, 6) is 1.10. The van der Waals surface area contributed by atoms with Crippen molar-refractivity contribution in [2.45, 2.75) is 19.1 Å². The highest BCUT2D eigenvalue weighted by Gasteiger charge is 2.19. The Kier molecular flexibility index (Phi) is 9.27. The summed E-state index contributed by atoms with van der Waals surface area (Å²) in [6.07, 6.45) is 4.63. The lowest BCUT2D eigenvalue weighted by Crippen LogP contribution is -2.28. The van der Waals surface area contributed by atoms with Crippen LogP contribution in [0.1, 0.15) is 12.0 Å². The number of amides is 3. The van der Waals surface area contributed by atoms with E-state index in [0.717, 1.165) is 22.2 Å². The average molecular weight is 571 g/mol. The highest BCUT2D eigenvalue weighted by Crippen LogP contribution is 2.32. The normalized spacial score (nSPS) is 14.0. The van der Waals surface area contributed by atoms with Gasteiger partial charge in [-0.05, 0) is 42.0 Å². The van der Waals surface area contributed by atoms with Crippen molar-refractivity contribution in [2.24, 2.45) is 0 Å². The first-order chi connectivity index (χ1) is 20.6. The minimum Gasteiger partial charge on any atom is -0.496 e. The van der Waals surface area contributed by atoms with E-state index in [4.69, 9.17) is 18.6 Å². The number of fused-ring (bicyclic) bond motifs is 1. The number of carbonyl (C=O) groups is 2. The number of oxazole rings is 1. The zero-order chi connectivity index (χ0) is 29.1. The van der Waals surface area contributed by atoms with Crippen LogP contribution in [0.5, 0.6) is 5.75 Å². The molecule has 3 amide bonds. The van der Waals surface area contributed by atoms with Gasteiger partial charge in [0.2, 0.25) is 0 Å². The molecule has 1 fully saturated rings. The molecular weight excluding hydrogens is 540 g/mol. The first-order valence-electron chi connectivity index (χ1n) is 13.2. The van der Waals surface area contributed by atoms with Crippen molar-refractivity contribution >= 4 is 34.5 Å². The number of benzene rings is 3. The molecule has 2 aromatic heterocycles. The summed E-state index contributed by atoms with van der Waals surface area (Å²) in [7, 11) is 1.54. The van der Waals surface area contributed by atoms with Gasteiger partial charge in [-0.3, -0.25) is 0 Å². The maximum atomic E-state index is 12.5. The summed E-state index contributed by atoms with van der Waals surface area (Å²) in [5, 5.41) is 8.25. The van der Waals surface area contributed by atoms with Crippen molar-refractivity contribution in [1.82, 2.24) is 20.3 Å². The molecule has 0 radical (unpaired) electrons. The van der Waals surface area contributed by atoms with Crippen molar-refractivity contribution < 1.29 is 28.2 Å². The first-order valence-corrected chi connectivity index (χ1v) is 13.2. The fourth-order valence-electron chi connectivity index (χ4n) is 4.23. The number of nitrogens with one attached hydrogen (secondary N) is 4. The van der Waals surface area contributed by atoms with Crippen molar-refractivity contribution in [3.8, 4) is 17.1 Å². The Hall–Kier alpha value is -5.36. The molecule has 5 aromatic rings. The Balaban J connectivity index is 0.000000330. The van der Waals surface area contributed by atoms with Gasteiger partial charge in [-0.15, -0.1) is 0 Å². The molecule has 3 aromatic carbocycles. The Morgan fingerprint density at radius 3 is 2.67 bits per heavy atom. The molecule has 3 heterocycles. The minimum atomic E-state index is -0.496. The largest absolute Gasteiger partial charge is 0.496 e. The Bertz CT molecular complexity index is 1580. The Labute approximate surface area is 241 Å². The third-order valence-corrected chi connectivity index (χ3v) is 6.27. The molecular formula is C30H30N6O6. The van der Waals surface area contributed by atoms with Gasteiger partial charge in [0.1, 0.15) is 11.9 Å². The van der Waals surface area contributed by atoms with Crippen molar-refractivity contribution in [1.29, 1.82) is 0 Å². The van der Waals surface area contributed by atoms with Crippen LogP contribution in [-0.2, 0) is 16.0 Å². The van der Waals surface area contributed by atoms with Gasteiger partial charge in [0.05, 0.1) is 49.4 Å². The van der Waals surface area contributed by atoms with E-state index in [1.165, 1.54) is 13.5 Å². The quantitative estimate of drug-likeness (QED) is 0.198. The smallest absolute Gasteiger partial charge is 0.407 e. The van der Waals surface area contributed by atoms with Crippen LogP contribution in [0.15, 0.2) is 90.1 Å². The Morgan fingerprint density at radius 1 is 1.05 bits per heavy atom. The number of methoxy groups -OCH3 is 1. The summed E-state index contributed by atoms with van der Waals surface area (Å²) < 4.78 is 21.2. The number of para-hydroxylation sites is 2. The zero-order valence-electron chi connectivity index (χ0n) is 22.8. The molecule has 12 nitrogen and oxygen atoms in total. The number of carbonyl (C=O) groups excluding carboxylic acids is 2. The summed E-state index contributed by atoms with van der Waals surface area (Å²) in [4.78, 5) is 35.4. The highest BCUT2D eigenvalue weighted by molar-refractivity contribution is 6.00. The number of hydrogen-bond donors (Lipinski definition) is 4. The molecule has 0 spiro atoms. The number of nitrogens with zero attached hydrogens (tertiary/aromatic N) is 2. The fraction of sp³-hybridized carbons (Fsp3) is 0.200. The van der Waals surface area contributed by atoms with Crippen LogP contribution in [0, 0.1) is 0 Å². The maximum Gasteiger partial charge on any atom is 0.407 e. The van der Waals surface area contributed by atoms with Gasteiger partial charge >= 0.3 is 12.1 Å². The number of aromatic amines is 1. The maximum absolute atomic E-state index is 12.5. The molecule has 1 atom stereocenters. The predicted molar refractivity (Wildman–Crippen MR) is 156 cm³/mol. The zero-order valence-corrected chi connectivity index (χ0v) is 22.8. The number of aromatic nitrogens is 3. The van der Waals surface area contributed by atoms with Crippen LogP contribution >= 0.6 is 0 Å². The lowest BCUT2D eigenvalue weighted by atomic mass is 10.1. The number of urea groups is 1. The number of imidazole rings is 1. The van der Waals surface area contributed by atoms with Gasteiger partial charge in [0.25, 0.3) is 0 Å². The lowest BCUT2D eigenvalue weighted by Gasteiger charge is -2.13. The third kappa shape index (κ3) is 7.64. The topological polar surface area (TPSA) is 153 Å². The van der Waals surface area contributed by atoms with Crippen LogP contribution < -0.4 is 20.7 Å². The summed E-state index contributed by atoms with van der Waals surface area (Å²) in [6.45, 7) is 1.30. The van der Waals surface area contributed by atoms with Gasteiger partial charge in [-0.2, -0.15) is 0 Å². The molecule has 0 saturated carbocycles. The van der Waals surface area contributed by atoms with Gasteiger partial charge in [-0.25, -0.2) is 19.6 Å². The number of alkyl carbamates (subject to hydrolysis) is 1. The minimum absolute atomic E-state index is 0.204. The second-order valence-electron chi connectivity index (χ2n) is 9.22. The predicted octanol–water partition coefficient (Wildman–Crippen LogP) is 5.57. The SMILES string of the molecule is COc1cc(NC(=O)Nc2cccc(CNC(=O)O[C@H]3CCOC3)c2)ccc1-c1cnco1.c1ccc2[nH]cnc2c1. The molecule has 1 saturated heterocycles. The number of ether oxygens (including phenoxy) is 3. The molecule has 0 aliphatic carbocycles. The van der Waals surface area contributed by atoms with E-state index in [2.05, 4.69) is 30.9 Å². The number of hydrogen-bond acceptors (Lipinski definition) is 8. The van der Waals surface area contributed by atoms with Crippen molar-refractivity contribution in [3.63, 3.8) is 0 Å². The molecule has 0 bridgehead atoms. The molecule has 6 rings (SSSR count). The molecule has 12 heteroatoms.